The Kier molecular flexibility index (Phi) is 4.71. The van der Waals surface area contributed by atoms with Gasteiger partial charge in [-0.3, -0.25) is 4.79 Å². The van der Waals surface area contributed by atoms with E-state index in [-0.39, 0.29) is 11.6 Å². The van der Waals surface area contributed by atoms with Crippen molar-refractivity contribution in [2.24, 2.45) is 5.92 Å². The first-order valence-electron chi connectivity index (χ1n) is 6.96. The zero-order valence-corrected chi connectivity index (χ0v) is 12.0. The average Bonchev–Trinajstić information content (AvgIpc) is 2.36. The second kappa shape index (κ2) is 6.30. The van der Waals surface area contributed by atoms with Gasteiger partial charge in [0.25, 0.3) is 5.56 Å². The topological polar surface area (TPSA) is 67.0 Å². The summed E-state index contributed by atoms with van der Waals surface area (Å²) in [5, 5.41) is 3.45. The van der Waals surface area contributed by atoms with E-state index in [0.29, 0.717) is 11.7 Å². The van der Waals surface area contributed by atoms with Gasteiger partial charge < -0.3 is 15.0 Å². The summed E-state index contributed by atoms with van der Waals surface area (Å²) in [5.41, 5.74) is 1.53. The van der Waals surface area contributed by atoms with E-state index in [4.69, 9.17) is 4.74 Å². The lowest BCUT2D eigenvalue weighted by Crippen LogP contribution is -2.33. The van der Waals surface area contributed by atoms with E-state index >= 15 is 0 Å². The second-order valence-electron chi connectivity index (χ2n) is 5.34. The van der Waals surface area contributed by atoms with Gasteiger partial charge in [0, 0.05) is 24.9 Å². The number of nitrogens with one attached hydrogen (secondary N) is 2. The maximum atomic E-state index is 12.0. The summed E-state index contributed by atoms with van der Waals surface area (Å²) in [6, 6.07) is 0.0275. The van der Waals surface area contributed by atoms with Crippen molar-refractivity contribution in [2.45, 2.75) is 39.7 Å². The fraction of sp³-hybridized carbons (Fsp3) is 0.714. The molecule has 106 valence electrons. The highest BCUT2D eigenvalue weighted by Crippen LogP contribution is 2.16. The molecule has 1 saturated heterocycles. The Hall–Kier alpha value is -1.20. The lowest BCUT2D eigenvalue weighted by Gasteiger charge is -2.24. The van der Waals surface area contributed by atoms with Crippen molar-refractivity contribution in [2.75, 3.05) is 19.8 Å². The molecule has 1 aliphatic rings. The number of nitrogens with zero attached hydrogens (tertiary/aromatic N) is 1. The molecule has 5 nitrogen and oxygen atoms in total. The van der Waals surface area contributed by atoms with Crippen LogP contribution in [0, 0.1) is 19.8 Å². The zero-order valence-electron chi connectivity index (χ0n) is 12.0. The van der Waals surface area contributed by atoms with Crippen molar-refractivity contribution in [1.29, 1.82) is 0 Å². The SMILES string of the molecule is Cc1nc(C)c(C(C)NCC2CCOCC2)c(=O)[nH]1. The summed E-state index contributed by atoms with van der Waals surface area (Å²) in [6.07, 6.45) is 2.20. The van der Waals surface area contributed by atoms with Crippen LogP contribution in [-0.4, -0.2) is 29.7 Å². The number of rotatable bonds is 4. The fourth-order valence-electron chi connectivity index (χ4n) is 2.64. The smallest absolute Gasteiger partial charge is 0.255 e. The van der Waals surface area contributed by atoms with Crippen LogP contribution in [0.2, 0.25) is 0 Å². The van der Waals surface area contributed by atoms with E-state index in [2.05, 4.69) is 15.3 Å². The van der Waals surface area contributed by atoms with Crippen LogP contribution in [0.5, 0.6) is 0 Å². The van der Waals surface area contributed by atoms with E-state index in [1.54, 1.807) is 6.92 Å². The molecule has 0 saturated carbocycles. The highest BCUT2D eigenvalue weighted by atomic mass is 16.5. The summed E-state index contributed by atoms with van der Waals surface area (Å²) in [5.74, 6) is 1.32. The molecule has 0 aromatic carbocycles. The van der Waals surface area contributed by atoms with Crippen LogP contribution in [0.4, 0.5) is 0 Å². The van der Waals surface area contributed by atoms with Gasteiger partial charge >= 0.3 is 0 Å². The molecule has 19 heavy (non-hydrogen) atoms. The van der Waals surface area contributed by atoms with Crippen LogP contribution in [0.3, 0.4) is 0 Å². The first-order valence-corrected chi connectivity index (χ1v) is 6.96. The van der Waals surface area contributed by atoms with E-state index in [0.717, 1.165) is 43.9 Å². The number of ether oxygens (including phenoxy) is 1. The lowest BCUT2D eigenvalue weighted by atomic mass is 9.99. The van der Waals surface area contributed by atoms with Gasteiger partial charge in [-0.2, -0.15) is 0 Å². The molecule has 0 aliphatic carbocycles. The zero-order chi connectivity index (χ0) is 13.8. The normalized spacial score (nSPS) is 18.5. The van der Waals surface area contributed by atoms with Crippen molar-refractivity contribution in [3.63, 3.8) is 0 Å². The number of hydrogen-bond acceptors (Lipinski definition) is 4. The monoisotopic (exact) mass is 265 g/mol. The summed E-state index contributed by atoms with van der Waals surface area (Å²) < 4.78 is 5.35. The molecule has 2 N–H and O–H groups in total. The molecule has 0 radical (unpaired) electrons. The van der Waals surface area contributed by atoms with Gasteiger partial charge in [0.05, 0.1) is 5.56 Å². The Balaban J connectivity index is 1.99. The third-order valence-electron chi connectivity index (χ3n) is 3.75. The highest BCUT2D eigenvalue weighted by Gasteiger charge is 2.18. The van der Waals surface area contributed by atoms with E-state index < -0.39 is 0 Å². The first-order chi connectivity index (χ1) is 9.08. The highest BCUT2D eigenvalue weighted by molar-refractivity contribution is 5.19. The van der Waals surface area contributed by atoms with Crippen LogP contribution in [-0.2, 0) is 4.74 Å². The van der Waals surface area contributed by atoms with Crippen LogP contribution in [0.15, 0.2) is 4.79 Å². The van der Waals surface area contributed by atoms with Crippen molar-refractivity contribution < 1.29 is 4.74 Å². The molecule has 0 bridgehead atoms. The molecular formula is C14H23N3O2. The molecule has 1 aliphatic heterocycles. The van der Waals surface area contributed by atoms with Gasteiger partial charge in [0.1, 0.15) is 5.82 Å². The van der Waals surface area contributed by atoms with Gasteiger partial charge in [0.15, 0.2) is 0 Å². The Morgan fingerprint density at radius 1 is 1.42 bits per heavy atom. The molecule has 0 spiro atoms. The largest absolute Gasteiger partial charge is 0.381 e. The minimum Gasteiger partial charge on any atom is -0.381 e. The molecule has 1 fully saturated rings. The number of hydrogen-bond donors (Lipinski definition) is 2. The van der Waals surface area contributed by atoms with Crippen molar-refractivity contribution in [1.82, 2.24) is 15.3 Å². The fourth-order valence-corrected chi connectivity index (χ4v) is 2.64. The lowest BCUT2D eigenvalue weighted by molar-refractivity contribution is 0.0656. The van der Waals surface area contributed by atoms with Gasteiger partial charge in [0.2, 0.25) is 0 Å². The predicted molar refractivity (Wildman–Crippen MR) is 74.3 cm³/mol. The minimum absolute atomic E-state index is 0.0275. The standard InChI is InChI=1S/C14H23N3O2/c1-9(15-8-12-4-6-19-7-5-12)13-10(2)16-11(3)17-14(13)18/h9,12,15H,4-8H2,1-3H3,(H,16,17,18). The summed E-state index contributed by atoms with van der Waals surface area (Å²) in [4.78, 5) is 19.1. The summed E-state index contributed by atoms with van der Waals surface area (Å²) in [6.45, 7) is 8.35. The number of aromatic amines is 1. The Morgan fingerprint density at radius 2 is 2.11 bits per heavy atom. The predicted octanol–water partition coefficient (Wildman–Crippen LogP) is 1.46. The minimum atomic E-state index is -0.0306. The maximum absolute atomic E-state index is 12.0. The van der Waals surface area contributed by atoms with Crippen LogP contribution in [0.1, 0.15) is 42.9 Å². The maximum Gasteiger partial charge on any atom is 0.255 e. The van der Waals surface area contributed by atoms with Crippen molar-refractivity contribution >= 4 is 0 Å². The molecule has 1 unspecified atom stereocenters. The third-order valence-corrected chi connectivity index (χ3v) is 3.75. The average molecular weight is 265 g/mol. The Labute approximate surface area is 113 Å². The van der Waals surface area contributed by atoms with E-state index in [1.807, 2.05) is 13.8 Å². The number of aromatic nitrogens is 2. The van der Waals surface area contributed by atoms with Gasteiger partial charge in [-0.05, 0) is 46.1 Å². The van der Waals surface area contributed by atoms with Crippen molar-refractivity contribution in [3.8, 4) is 0 Å². The molecule has 0 amide bonds. The molecule has 2 rings (SSSR count). The summed E-state index contributed by atoms with van der Waals surface area (Å²) in [7, 11) is 0. The van der Waals surface area contributed by atoms with E-state index in [1.165, 1.54) is 0 Å². The van der Waals surface area contributed by atoms with Crippen LogP contribution < -0.4 is 10.9 Å². The quantitative estimate of drug-likeness (QED) is 0.865. The third kappa shape index (κ3) is 3.64. The molecule has 1 aromatic heterocycles. The van der Waals surface area contributed by atoms with Crippen LogP contribution >= 0.6 is 0 Å². The van der Waals surface area contributed by atoms with Gasteiger partial charge in [-0.25, -0.2) is 4.98 Å². The van der Waals surface area contributed by atoms with E-state index in [9.17, 15) is 4.79 Å². The summed E-state index contributed by atoms with van der Waals surface area (Å²) >= 11 is 0. The Morgan fingerprint density at radius 3 is 2.74 bits per heavy atom. The molecule has 2 heterocycles. The van der Waals surface area contributed by atoms with Gasteiger partial charge in [-0.15, -0.1) is 0 Å². The molecular weight excluding hydrogens is 242 g/mol. The molecule has 5 heteroatoms. The van der Waals surface area contributed by atoms with Crippen molar-refractivity contribution in [3.05, 3.63) is 27.4 Å². The Bertz CT molecular complexity index is 478. The number of aryl methyl sites for hydroxylation is 2. The molecule has 1 aromatic rings. The number of H-pyrrole nitrogens is 1. The first kappa shape index (κ1) is 14.2. The van der Waals surface area contributed by atoms with Gasteiger partial charge in [-0.1, -0.05) is 0 Å². The molecule has 1 atom stereocenters. The van der Waals surface area contributed by atoms with Crippen LogP contribution in [0.25, 0.3) is 0 Å². The second-order valence-corrected chi connectivity index (χ2v) is 5.34.